The number of imidazole rings is 1. The number of hydrogen-bond acceptors (Lipinski definition) is 6. The molecule has 9 heteroatoms. The first-order valence-corrected chi connectivity index (χ1v) is 8.37. The number of fused-ring (bicyclic) bond motifs is 1. The molecule has 0 aromatic carbocycles. The van der Waals surface area contributed by atoms with Crippen LogP contribution in [0.5, 0.6) is 0 Å². The maximum absolute atomic E-state index is 13.1. The standard InChI is InChI=1S/C17H18N6O3/c18-15(24)14-16-21-11(13-3-1-8-26-13)9-12(23(16)10-20-14)17(25)22-6-2-4-19-5-7-22/h1,3,8-10,19H,2,4-7H2,(H2,18,24). The van der Waals surface area contributed by atoms with Crippen molar-refractivity contribution >= 4 is 17.5 Å². The lowest BCUT2D eigenvalue weighted by Crippen LogP contribution is -2.35. The molecule has 4 rings (SSSR count). The van der Waals surface area contributed by atoms with Crippen molar-refractivity contribution in [3.05, 3.63) is 42.2 Å². The molecule has 4 heterocycles. The zero-order chi connectivity index (χ0) is 18.1. The first-order chi connectivity index (χ1) is 12.6. The average molecular weight is 354 g/mol. The van der Waals surface area contributed by atoms with Crippen molar-refractivity contribution < 1.29 is 14.0 Å². The Kier molecular flexibility index (Phi) is 4.13. The van der Waals surface area contributed by atoms with E-state index in [1.807, 2.05) is 0 Å². The summed E-state index contributed by atoms with van der Waals surface area (Å²) in [5, 5.41) is 3.27. The summed E-state index contributed by atoms with van der Waals surface area (Å²) in [7, 11) is 0. The number of carbonyl (C=O) groups excluding carboxylic acids is 2. The van der Waals surface area contributed by atoms with Gasteiger partial charge in [0.25, 0.3) is 11.8 Å². The fourth-order valence-electron chi connectivity index (χ4n) is 3.07. The maximum atomic E-state index is 13.1. The summed E-state index contributed by atoms with van der Waals surface area (Å²) in [5.41, 5.74) is 6.47. The van der Waals surface area contributed by atoms with Crippen LogP contribution >= 0.6 is 0 Å². The second kappa shape index (κ2) is 6.60. The van der Waals surface area contributed by atoms with Gasteiger partial charge in [0.05, 0.1) is 6.26 Å². The van der Waals surface area contributed by atoms with Crippen molar-refractivity contribution in [3.63, 3.8) is 0 Å². The molecule has 1 fully saturated rings. The fourth-order valence-corrected chi connectivity index (χ4v) is 3.07. The molecule has 3 N–H and O–H groups in total. The number of nitrogens with zero attached hydrogens (tertiary/aromatic N) is 4. The van der Waals surface area contributed by atoms with Gasteiger partial charge in [0, 0.05) is 19.6 Å². The average Bonchev–Trinajstić information content (AvgIpc) is 3.24. The normalized spacial score (nSPS) is 15.2. The minimum Gasteiger partial charge on any atom is -0.463 e. The van der Waals surface area contributed by atoms with Gasteiger partial charge in [-0.25, -0.2) is 9.97 Å². The molecule has 3 aromatic heterocycles. The molecule has 26 heavy (non-hydrogen) atoms. The van der Waals surface area contributed by atoms with E-state index in [0.717, 1.165) is 19.5 Å². The van der Waals surface area contributed by atoms with Gasteiger partial charge in [0.15, 0.2) is 17.1 Å². The number of carbonyl (C=O) groups is 2. The molecule has 0 saturated carbocycles. The summed E-state index contributed by atoms with van der Waals surface area (Å²) >= 11 is 0. The van der Waals surface area contributed by atoms with Crippen molar-refractivity contribution in [2.75, 3.05) is 26.2 Å². The molecule has 0 aliphatic carbocycles. The molecule has 9 nitrogen and oxygen atoms in total. The first kappa shape index (κ1) is 16.3. The van der Waals surface area contributed by atoms with Crippen molar-refractivity contribution in [3.8, 4) is 11.5 Å². The van der Waals surface area contributed by atoms with E-state index in [4.69, 9.17) is 10.2 Å². The van der Waals surface area contributed by atoms with Crippen LogP contribution in [0.2, 0.25) is 0 Å². The highest BCUT2D eigenvalue weighted by molar-refractivity contribution is 5.99. The van der Waals surface area contributed by atoms with E-state index in [1.54, 1.807) is 23.1 Å². The molecule has 0 radical (unpaired) electrons. The molecule has 0 spiro atoms. The zero-order valence-electron chi connectivity index (χ0n) is 14.0. The van der Waals surface area contributed by atoms with Crippen LogP contribution in [-0.4, -0.2) is 57.3 Å². The van der Waals surface area contributed by atoms with E-state index in [1.165, 1.54) is 17.0 Å². The van der Waals surface area contributed by atoms with Gasteiger partial charge in [0.2, 0.25) is 0 Å². The van der Waals surface area contributed by atoms with E-state index in [-0.39, 0.29) is 17.2 Å². The summed E-state index contributed by atoms with van der Waals surface area (Å²) in [6, 6.07) is 5.12. The third-order valence-electron chi connectivity index (χ3n) is 4.36. The van der Waals surface area contributed by atoms with E-state index in [9.17, 15) is 9.59 Å². The molecule has 0 atom stereocenters. The molecule has 3 aromatic rings. The molecular weight excluding hydrogens is 336 g/mol. The molecule has 1 aliphatic rings. The summed E-state index contributed by atoms with van der Waals surface area (Å²) in [6.07, 6.45) is 3.80. The Balaban J connectivity index is 1.86. The highest BCUT2D eigenvalue weighted by atomic mass is 16.3. The molecular formula is C17H18N6O3. The van der Waals surface area contributed by atoms with Gasteiger partial charge >= 0.3 is 0 Å². The van der Waals surface area contributed by atoms with Crippen molar-refractivity contribution in [1.29, 1.82) is 0 Å². The summed E-state index contributed by atoms with van der Waals surface area (Å²) in [6.45, 7) is 2.88. The zero-order valence-corrected chi connectivity index (χ0v) is 14.0. The lowest BCUT2D eigenvalue weighted by Gasteiger charge is -2.20. The Labute approximate surface area is 148 Å². The second-order valence-electron chi connectivity index (χ2n) is 6.05. The Morgan fingerprint density at radius 1 is 1.27 bits per heavy atom. The number of furan rings is 1. The van der Waals surface area contributed by atoms with Gasteiger partial charge in [-0.1, -0.05) is 0 Å². The lowest BCUT2D eigenvalue weighted by molar-refractivity contribution is 0.0758. The van der Waals surface area contributed by atoms with Crippen LogP contribution in [0.25, 0.3) is 17.1 Å². The molecule has 0 bridgehead atoms. The molecule has 1 saturated heterocycles. The minimum absolute atomic E-state index is 0.0185. The maximum Gasteiger partial charge on any atom is 0.271 e. The van der Waals surface area contributed by atoms with Crippen molar-refractivity contribution in [1.82, 2.24) is 24.6 Å². The number of aromatic nitrogens is 3. The van der Waals surface area contributed by atoms with Gasteiger partial charge in [0.1, 0.15) is 17.7 Å². The van der Waals surface area contributed by atoms with E-state index >= 15 is 0 Å². The number of nitrogens with two attached hydrogens (primary N) is 1. The Morgan fingerprint density at radius 2 is 2.15 bits per heavy atom. The topological polar surface area (TPSA) is 119 Å². The summed E-state index contributed by atoms with van der Waals surface area (Å²) in [5.74, 6) is -0.355. The summed E-state index contributed by atoms with van der Waals surface area (Å²) in [4.78, 5) is 35.1. The fraction of sp³-hybridized carbons (Fsp3) is 0.294. The Hall–Kier alpha value is -3.20. The second-order valence-corrected chi connectivity index (χ2v) is 6.05. The molecule has 1 aliphatic heterocycles. The van der Waals surface area contributed by atoms with Crippen LogP contribution in [0, 0.1) is 0 Å². The highest BCUT2D eigenvalue weighted by Gasteiger charge is 2.24. The number of primary amides is 1. The Morgan fingerprint density at radius 3 is 2.92 bits per heavy atom. The molecule has 0 unspecified atom stereocenters. The molecule has 134 valence electrons. The van der Waals surface area contributed by atoms with Crippen LogP contribution in [0.15, 0.2) is 35.2 Å². The number of hydrogen-bond donors (Lipinski definition) is 2. The van der Waals surface area contributed by atoms with Crippen molar-refractivity contribution in [2.24, 2.45) is 5.73 Å². The largest absolute Gasteiger partial charge is 0.463 e. The van der Waals surface area contributed by atoms with E-state index < -0.39 is 5.91 Å². The highest BCUT2D eigenvalue weighted by Crippen LogP contribution is 2.22. The van der Waals surface area contributed by atoms with Crippen LogP contribution in [0.3, 0.4) is 0 Å². The van der Waals surface area contributed by atoms with Crippen molar-refractivity contribution in [2.45, 2.75) is 6.42 Å². The first-order valence-electron chi connectivity index (χ1n) is 8.37. The van der Waals surface area contributed by atoms with Crippen LogP contribution < -0.4 is 11.1 Å². The number of nitrogens with one attached hydrogen (secondary N) is 1. The number of amides is 2. The SMILES string of the molecule is NC(=O)c1ncn2c(C(=O)N3CCCNCC3)cc(-c3ccco3)nc12. The minimum atomic E-state index is -0.700. The van der Waals surface area contributed by atoms with Gasteiger partial charge in [-0.3, -0.25) is 14.0 Å². The smallest absolute Gasteiger partial charge is 0.271 e. The molecule has 2 amide bonds. The Bertz CT molecular complexity index is 954. The van der Waals surface area contributed by atoms with Gasteiger partial charge in [-0.2, -0.15) is 0 Å². The summed E-state index contributed by atoms with van der Waals surface area (Å²) < 4.78 is 6.91. The van der Waals surface area contributed by atoms with E-state index in [0.29, 0.717) is 30.2 Å². The van der Waals surface area contributed by atoms with Crippen LogP contribution in [-0.2, 0) is 0 Å². The van der Waals surface area contributed by atoms with Gasteiger partial charge in [-0.15, -0.1) is 0 Å². The predicted molar refractivity (Wildman–Crippen MR) is 92.6 cm³/mol. The van der Waals surface area contributed by atoms with Crippen LogP contribution in [0.4, 0.5) is 0 Å². The van der Waals surface area contributed by atoms with Gasteiger partial charge < -0.3 is 20.4 Å². The third kappa shape index (κ3) is 2.82. The third-order valence-corrected chi connectivity index (χ3v) is 4.36. The van der Waals surface area contributed by atoms with Crippen LogP contribution in [0.1, 0.15) is 27.4 Å². The quantitative estimate of drug-likeness (QED) is 0.708. The number of rotatable bonds is 3. The lowest BCUT2D eigenvalue weighted by atomic mass is 10.2. The monoisotopic (exact) mass is 354 g/mol. The van der Waals surface area contributed by atoms with Gasteiger partial charge in [-0.05, 0) is 31.2 Å². The predicted octanol–water partition coefficient (Wildman–Crippen LogP) is 0.524. The van der Waals surface area contributed by atoms with E-state index in [2.05, 4.69) is 15.3 Å².